The Hall–Kier alpha value is -1.86. The molecular formula is C25H23Br. The lowest BCUT2D eigenvalue weighted by Crippen LogP contribution is -2.27. The monoisotopic (exact) mass is 402 g/mol. The van der Waals surface area contributed by atoms with Crippen LogP contribution in [-0.2, 0) is 10.8 Å². The van der Waals surface area contributed by atoms with Gasteiger partial charge in [0.2, 0.25) is 0 Å². The van der Waals surface area contributed by atoms with Gasteiger partial charge < -0.3 is 0 Å². The van der Waals surface area contributed by atoms with E-state index in [9.17, 15) is 0 Å². The minimum absolute atomic E-state index is 0.0354. The van der Waals surface area contributed by atoms with Gasteiger partial charge in [0.25, 0.3) is 0 Å². The van der Waals surface area contributed by atoms with Crippen molar-refractivity contribution in [2.45, 2.75) is 44.9 Å². The molecule has 0 radical (unpaired) electrons. The lowest BCUT2D eigenvalue weighted by Gasteiger charge is -2.31. The first-order chi connectivity index (χ1) is 12.3. The molecule has 130 valence electrons. The summed E-state index contributed by atoms with van der Waals surface area (Å²) >= 11 is 3.74. The topological polar surface area (TPSA) is 0 Å². The van der Waals surface area contributed by atoms with Crippen LogP contribution < -0.4 is 0 Å². The van der Waals surface area contributed by atoms with Gasteiger partial charge in [-0.05, 0) is 76.8 Å². The number of fused-ring (bicyclic) bond motifs is 7. The molecule has 2 aliphatic carbocycles. The summed E-state index contributed by atoms with van der Waals surface area (Å²) in [6.45, 7) is 9.35. The van der Waals surface area contributed by atoms with Gasteiger partial charge in [0, 0.05) is 9.89 Å². The van der Waals surface area contributed by atoms with Crippen LogP contribution in [0.2, 0.25) is 0 Å². The van der Waals surface area contributed by atoms with Crippen molar-refractivity contribution in [3.8, 4) is 11.1 Å². The Kier molecular flexibility index (Phi) is 3.20. The summed E-state index contributed by atoms with van der Waals surface area (Å²) < 4.78 is 1.17. The van der Waals surface area contributed by atoms with Crippen LogP contribution >= 0.6 is 15.9 Å². The number of hydrogen-bond acceptors (Lipinski definition) is 0. The number of aryl methyl sites for hydroxylation is 2. The molecule has 0 saturated carbocycles. The van der Waals surface area contributed by atoms with Gasteiger partial charge in [-0.1, -0.05) is 77.8 Å². The number of halogens is 1. The fourth-order valence-electron chi connectivity index (χ4n) is 5.71. The normalized spacial score (nSPS) is 21.6. The minimum Gasteiger partial charge on any atom is -0.0619 e. The maximum atomic E-state index is 3.74. The molecule has 0 fully saturated rings. The van der Waals surface area contributed by atoms with Gasteiger partial charge in [-0.25, -0.2) is 0 Å². The van der Waals surface area contributed by atoms with Crippen molar-refractivity contribution in [2.24, 2.45) is 0 Å². The van der Waals surface area contributed by atoms with E-state index < -0.39 is 0 Å². The van der Waals surface area contributed by atoms with E-state index in [2.05, 4.69) is 98.2 Å². The molecule has 1 atom stereocenters. The van der Waals surface area contributed by atoms with E-state index >= 15 is 0 Å². The fraction of sp³-hybridized carbons (Fsp3) is 0.280. The fourth-order valence-corrected chi connectivity index (χ4v) is 6.07. The van der Waals surface area contributed by atoms with E-state index in [4.69, 9.17) is 0 Å². The number of hydrogen-bond donors (Lipinski definition) is 0. The molecule has 0 heterocycles. The van der Waals surface area contributed by atoms with Crippen molar-refractivity contribution in [1.82, 2.24) is 0 Å². The highest BCUT2D eigenvalue weighted by atomic mass is 79.9. The third-order valence-electron chi connectivity index (χ3n) is 6.46. The Morgan fingerprint density at radius 2 is 1.54 bits per heavy atom. The molecule has 1 unspecified atom stereocenters. The molecule has 5 rings (SSSR count). The quantitative estimate of drug-likeness (QED) is 0.377. The summed E-state index contributed by atoms with van der Waals surface area (Å²) in [5.41, 5.74) is 11.7. The van der Waals surface area contributed by atoms with Crippen molar-refractivity contribution in [1.29, 1.82) is 0 Å². The van der Waals surface area contributed by atoms with Crippen LogP contribution in [-0.4, -0.2) is 0 Å². The van der Waals surface area contributed by atoms with Crippen molar-refractivity contribution in [3.05, 3.63) is 92.5 Å². The first-order valence-electron chi connectivity index (χ1n) is 9.37. The van der Waals surface area contributed by atoms with Crippen LogP contribution in [0.25, 0.3) is 11.1 Å². The van der Waals surface area contributed by atoms with Crippen LogP contribution in [0.3, 0.4) is 0 Å². The van der Waals surface area contributed by atoms with Gasteiger partial charge in [-0.15, -0.1) is 0 Å². The summed E-state index contributed by atoms with van der Waals surface area (Å²) in [4.78, 5) is 0. The molecule has 0 nitrogen and oxygen atoms in total. The Morgan fingerprint density at radius 3 is 2.35 bits per heavy atom. The zero-order chi connectivity index (χ0) is 18.3. The smallest absolute Gasteiger partial charge is 0.0477 e. The SMILES string of the molecule is Cc1cc(C)c2c(c1)C(C)(C)CC21c2ccccc2-c2ccc(Br)cc21. The van der Waals surface area contributed by atoms with E-state index in [1.54, 1.807) is 0 Å². The van der Waals surface area contributed by atoms with Gasteiger partial charge >= 0.3 is 0 Å². The van der Waals surface area contributed by atoms with E-state index in [0.717, 1.165) is 6.42 Å². The van der Waals surface area contributed by atoms with Gasteiger partial charge in [0.15, 0.2) is 0 Å². The summed E-state index contributed by atoms with van der Waals surface area (Å²) in [5.74, 6) is 0. The van der Waals surface area contributed by atoms with Crippen molar-refractivity contribution in [3.63, 3.8) is 0 Å². The van der Waals surface area contributed by atoms with Crippen LogP contribution in [0, 0.1) is 13.8 Å². The predicted molar refractivity (Wildman–Crippen MR) is 113 cm³/mol. The maximum absolute atomic E-state index is 3.74. The molecule has 0 N–H and O–H groups in total. The average molecular weight is 403 g/mol. The molecule has 0 aliphatic heterocycles. The van der Waals surface area contributed by atoms with Crippen LogP contribution in [0.4, 0.5) is 0 Å². The van der Waals surface area contributed by atoms with Crippen molar-refractivity contribution >= 4 is 15.9 Å². The molecule has 1 spiro atoms. The van der Waals surface area contributed by atoms with Gasteiger partial charge in [-0.2, -0.15) is 0 Å². The number of rotatable bonds is 0. The first kappa shape index (κ1) is 16.3. The Morgan fingerprint density at radius 1 is 0.808 bits per heavy atom. The summed E-state index contributed by atoms with van der Waals surface area (Å²) in [6, 6.07) is 20.6. The third-order valence-corrected chi connectivity index (χ3v) is 6.95. The standard InChI is InChI=1S/C25H23Br/c1-15-11-16(2)23-22(12-15)24(3,4)14-25(23)20-8-6-5-7-18(20)19-10-9-17(26)13-21(19)25/h5-13H,14H2,1-4H3. The maximum Gasteiger partial charge on any atom is 0.0477 e. The highest BCUT2D eigenvalue weighted by Crippen LogP contribution is 2.63. The van der Waals surface area contributed by atoms with Gasteiger partial charge in [0.05, 0.1) is 0 Å². The Labute approximate surface area is 164 Å². The molecule has 0 amide bonds. The highest BCUT2D eigenvalue weighted by molar-refractivity contribution is 9.10. The molecule has 3 aromatic carbocycles. The molecule has 0 saturated heterocycles. The van der Waals surface area contributed by atoms with Crippen LogP contribution in [0.15, 0.2) is 59.1 Å². The third kappa shape index (κ3) is 1.90. The zero-order valence-electron chi connectivity index (χ0n) is 15.8. The zero-order valence-corrected chi connectivity index (χ0v) is 17.4. The molecule has 0 aromatic heterocycles. The number of benzene rings is 3. The average Bonchev–Trinajstić information content (AvgIpc) is 2.98. The van der Waals surface area contributed by atoms with Gasteiger partial charge in [0.1, 0.15) is 0 Å². The van der Waals surface area contributed by atoms with Gasteiger partial charge in [-0.3, -0.25) is 0 Å². The Balaban J connectivity index is 1.97. The summed E-state index contributed by atoms with van der Waals surface area (Å²) in [5, 5.41) is 0. The lowest BCUT2D eigenvalue weighted by molar-refractivity contribution is 0.449. The summed E-state index contributed by atoms with van der Waals surface area (Å²) in [7, 11) is 0. The predicted octanol–water partition coefficient (Wildman–Crippen LogP) is 7.06. The molecular weight excluding hydrogens is 380 g/mol. The first-order valence-corrected chi connectivity index (χ1v) is 10.2. The van der Waals surface area contributed by atoms with Crippen LogP contribution in [0.1, 0.15) is 53.6 Å². The second-order valence-corrected chi connectivity index (χ2v) is 9.62. The minimum atomic E-state index is -0.0354. The Bertz CT molecular complexity index is 1070. The van der Waals surface area contributed by atoms with Crippen LogP contribution in [0.5, 0.6) is 0 Å². The van der Waals surface area contributed by atoms with E-state index in [0.29, 0.717) is 0 Å². The van der Waals surface area contributed by atoms with E-state index in [1.165, 1.54) is 49.0 Å². The van der Waals surface area contributed by atoms with Crippen molar-refractivity contribution in [2.75, 3.05) is 0 Å². The van der Waals surface area contributed by atoms with Crippen molar-refractivity contribution < 1.29 is 0 Å². The molecule has 2 aliphatic rings. The molecule has 0 bridgehead atoms. The second-order valence-electron chi connectivity index (χ2n) is 8.71. The van der Waals surface area contributed by atoms with E-state index in [1.807, 2.05) is 0 Å². The molecule has 26 heavy (non-hydrogen) atoms. The summed E-state index contributed by atoms with van der Waals surface area (Å²) in [6.07, 6.45) is 1.13. The lowest BCUT2D eigenvalue weighted by atomic mass is 9.70. The largest absolute Gasteiger partial charge is 0.0619 e. The molecule has 3 aromatic rings. The second kappa shape index (κ2) is 5.10. The highest BCUT2D eigenvalue weighted by Gasteiger charge is 2.54. The molecule has 1 heteroatoms. The van der Waals surface area contributed by atoms with E-state index in [-0.39, 0.29) is 10.8 Å².